The Hall–Kier alpha value is -1.59. The molecule has 0 heterocycles. The van der Waals surface area contributed by atoms with Gasteiger partial charge in [0.1, 0.15) is 6.61 Å². The smallest absolute Gasteiger partial charge is 0.407 e. The van der Waals surface area contributed by atoms with Gasteiger partial charge in [0, 0.05) is 13.2 Å². The van der Waals surface area contributed by atoms with Crippen LogP contribution in [-0.2, 0) is 16.1 Å². The van der Waals surface area contributed by atoms with Crippen LogP contribution in [0.1, 0.15) is 39.7 Å². The molecule has 1 aromatic rings. The van der Waals surface area contributed by atoms with Crippen LogP contribution in [0.25, 0.3) is 0 Å². The Morgan fingerprint density at radius 1 is 1.27 bits per heavy atom. The summed E-state index contributed by atoms with van der Waals surface area (Å²) in [7, 11) is 0. The van der Waals surface area contributed by atoms with Crippen LogP contribution in [0.3, 0.4) is 0 Å². The molecule has 2 atom stereocenters. The molecule has 0 aromatic heterocycles. The van der Waals surface area contributed by atoms with Gasteiger partial charge < -0.3 is 19.9 Å². The molecule has 5 heteroatoms. The Kier molecular flexibility index (Phi) is 12.2. The first-order chi connectivity index (χ1) is 10.6. The van der Waals surface area contributed by atoms with Gasteiger partial charge in [-0.3, -0.25) is 0 Å². The number of amides is 1. The van der Waals surface area contributed by atoms with Gasteiger partial charge >= 0.3 is 6.09 Å². The molecule has 0 radical (unpaired) electrons. The van der Waals surface area contributed by atoms with Gasteiger partial charge in [-0.05, 0) is 18.9 Å². The third kappa shape index (κ3) is 9.37. The molecule has 2 N–H and O–H groups in total. The van der Waals surface area contributed by atoms with Gasteiger partial charge in [0.05, 0.1) is 12.2 Å². The molecule has 0 bridgehead atoms. The summed E-state index contributed by atoms with van der Waals surface area (Å²) in [4.78, 5) is 11.5. The number of carbonyl (C=O) groups is 1. The van der Waals surface area contributed by atoms with Gasteiger partial charge in [0.2, 0.25) is 0 Å². The summed E-state index contributed by atoms with van der Waals surface area (Å²) >= 11 is 0. The van der Waals surface area contributed by atoms with E-state index >= 15 is 0 Å². The molecule has 5 nitrogen and oxygen atoms in total. The highest BCUT2D eigenvalue weighted by atomic mass is 16.5. The number of benzene rings is 1. The molecule has 0 saturated heterocycles. The van der Waals surface area contributed by atoms with Crippen LogP contribution in [-0.4, -0.2) is 36.6 Å². The highest BCUT2D eigenvalue weighted by Crippen LogP contribution is 2.01. The number of nitrogens with one attached hydrogen (secondary N) is 1. The summed E-state index contributed by atoms with van der Waals surface area (Å²) in [5.41, 5.74) is 0.919. The van der Waals surface area contributed by atoms with Gasteiger partial charge in [0.15, 0.2) is 0 Å². The van der Waals surface area contributed by atoms with E-state index in [1.54, 1.807) is 6.92 Å². The van der Waals surface area contributed by atoms with Gasteiger partial charge in [-0.2, -0.15) is 0 Å². The lowest BCUT2D eigenvalue weighted by Crippen LogP contribution is -2.39. The lowest BCUT2D eigenvalue weighted by Gasteiger charge is -2.19. The number of carbonyl (C=O) groups excluding carboxylic acids is 1. The number of aliphatic hydroxyl groups excluding tert-OH is 1. The number of aliphatic hydroxyl groups is 1. The topological polar surface area (TPSA) is 67.8 Å². The Bertz CT molecular complexity index is 384. The number of alkyl carbamates (subject to hydrolysis) is 1. The second-order valence-electron chi connectivity index (χ2n) is 4.59. The van der Waals surface area contributed by atoms with Crippen LogP contribution >= 0.6 is 0 Å². The van der Waals surface area contributed by atoms with Crippen molar-refractivity contribution in [1.82, 2.24) is 5.32 Å². The SMILES string of the molecule is CC.CCCOC(C)[C@H](O)CNC(=O)OCc1ccccc1. The van der Waals surface area contributed by atoms with E-state index in [4.69, 9.17) is 9.47 Å². The van der Waals surface area contributed by atoms with Crippen molar-refractivity contribution < 1.29 is 19.4 Å². The van der Waals surface area contributed by atoms with Crippen molar-refractivity contribution in [3.8, 4) is 0 Å². The molecule has 1 unspecified atom stereocenters. The first kappa shape index (κ1) is 20.4. The van der Waals surface area contributed by atoms with Gasteiger partial charge in [0.25, 0.3) is 0 Å². The van der Waals surface area contributed by atoms with Gasteiger partial charge in [-0.25, -0.2) is 4.79 Å². The van der Waals surface area contributed by atoms with Crippen LogP contribution < -0.4 is 5.32 Å². The van der Waals surface area contributed by atoms with Crippen LogP contribution in [0.4, 0.5) is 4.79 Å². The molecule has 0 spiro atoms. The van der Waals surface area contributed by atoms with Crippen molar-refractivity contribution in [3.63, 3.8) is 0 Å². The van der Waals surface area contributed by atoms with Crippen molar-refractivity contribution in [2.45, 2.75) is 52.9 Å². The summed E-state index contributed by atoms with van der Waals surface area (Å²) in [6.07, 6.45) is -0.713. The molecule has 1 aromatic carbocycles. The minimum absolute atomic E-state index is 0.110. The molecule has 126 valence electrons. The summed E-state index contributed by atoms with van der Waals surface area (Å²) in [6.45, 7) is 8.69. The van der Waals surface area contributed by atoms with Crippen molar-refractivity contribution in [2.24, 2.45) is 0 Å². The first-order valence-corrected chi connectivity index (χ1v) is 7.87. The molecular weight excluding hydrogens is 282 g/mol. The zero-order valence-electron chi connectivity index (χ0n) is 14.0. The minimum Gasteiger partial charge on any atom is -0.445 e. The predicted octanol–water partition coefficient (Wildman–Crippen LogP) is 3.12. The predicted molar refractivity (Wildman–Crippen MR) is 87.7 cm³/mol. The Morgan fingerprint density at radius 2 is 1.91 bits per heavy atom. The second kappa shape index (κ2) is 13.1. The molecule has 0 aliphatic carbocycles. The van der Waals surface area contributed by atoms with E-state index < -0.39 is 12.2 Å². The number of hydrogen-bond acceptors (Lipinski definition) is 4. The lowest BCUT2D eigenvalue weighted by molar-refractivity contribution is -0.0251. The Labute approximate surface area is 133 Å². The number of hydrogen-bond donors (Lipinski definition) is 2. The lowest BCUT2D eigenvalue weighted by atomic mass is 10.2. The second-order valence-corrected chi connectivity index (χ2v) is 4.59. The Balaban J connectivity index is 0.00000211. The van der Waals surface area contributed by atoms with Crippen LogP contribution in [0.2, 0.25) is 0 Å². The fraction of sp³-hybridized carbons (Fsp3) is 0.588. The monoisotopic (exact) mass is 311 g/mol. The highest BCUT2D eigenvalue weighted by Gasteiger charge is 2.15. The zero-order valence-corrected chi connectivity index (χ0v) is 14.0. The molecule has 0 saturated carbocycles. The van der Waals surface area contributed by atoms with Crippen LogP contribution in [0.5, 0.6) is 0 Å². The normalized spacial score (nSPS) is 12.6. The Morgan fingerprint density at radius 3 is 2.50 bits per heavy atom. The van der Waals surface area contributed by atoms with Crippen molar-refractivity contribution >= 4 is 6.09 Å². The summed E-state index contributed by atoms with van der Waals surface area (Å²) in [5, 5.41) is 12.3. The summed E-state index contributed by atoms with van der Waals surface area (Å²) < 4.78 is 10.4. The van der Waals surface area contributed by atoms with Crippen molar-refractivity contribution in [3.05, 3.63) is 35.9 Å². The molecule has 1 rings (SSSR count). The zero-order chi connectivity index (χ0) is 16.8. The van der Waals surface area contributed by atoms with E-state index in [-0.39, 0.29) is 19.3 Å². The van der Waals surface area contributed by atoms with E-state index in [0.29, 0.717) is 6.61 Å². The molecule has 0 aliphatic heterocycles. The minimum atomic E-state index is -0.745. The number of rotatable bonds is 8. The summed E-state index contributed by atoms with van der Waals surface area (Å²) in [5.74, 6) is 0. The van der Waals surface area contributed by atoms with E-state index in [1.165, 1.54) is 0 Å². The van der Waals surface area contributed by atoms with E-state index in [2.05, 4.69) is 5.32 Å². The third-order valence-corrected chi connectivity index (χ3v) is 2.80. The quantitative estimate of drug-likeness (QED) is 0.774. The van der Waals surface area contributed by atoms with Crippen LogP contribution in [0, 0.1) is 0 Å². The molecular formula is C17H29NO4. The fourth-order valence-corrected chi connectivity index (χ4v) is 1.54. The van der Waals surface area contributed by atoms with E-state index in [0.717, 1.165) is 12.0 Å². The average molecular weight is 311 g/mol. The molecule has 22 heavy (non-hydrogen) atoms. The van der Waals surface area contributed by atoms with Gasteiger partial charge in [-0.15, -0.1) is 0 Å². The maximum Gasteiger partial charge on any atom is 0.407 e. The third-order valence-electron chi connectivity index (χ3n) is 2.80. The fourth-order valence-electron chi connectivity index (χ4n) is 1.54. The first-order valence-electron chi connectivity index (χ1n) is 7.87. The standard InChI is InChI=1S/C15H23NO4.C2H6/c1-3-9-19-12(2)14(17)10-16-15(18)20-11-13-7-5-4-6-8-13;1-2/h4-8,12,14,17H,3,9-11H2,1-2H3,(H,16,18);1-2H3/t12?,14-;/m1./s1. The van der Waals surface area contributed by atoms with Crippen molar-refractivity contribution in [2.75, 3.05) is 13.2 Å². The maximum absolute atomic E-state index is 11.5. The van der Waals surface area contributed by atoms with E-state index in [1.807, 2.05) is 51.1 Å². The molecule has 0 aliphatic rings. The molecule has 0 fully saturated rings. The maximum atomic E-state index is 11.5. The van der Waals surface area contributed by atoms with E-state index in [9.17, 15) is 9.90 Å². The van der Waals surface area contributed by atoms with Crippen LogP contribution in [0.15, 0.2) is 30.3 Å². The van der Waals surface area contributed by atoms with Crippen molar-refractivity contribution in [1.29, 1.82) is 0 Å². The highest BCUT2D eigenvalue weighted by molar-refractivity contribution is 5.67. The molecule has 1 amide bonds. The average Bonchev–Trinajstić information content (AvgIpc) is 2.58. The number of ether oxygens (including phenoxy) is 2. The largest absolute Gasteiger partial charge is 0.445 e. The summed E-state index contributed by atoms with van der Waals surface area (Å²) in [6, 6.07) is 9.42. The van der Waals surface area contributed by atoms with Gasteiger partial charge in [-0.1, -0.05) is 51.1 Å².